The lowest BCUT2D eigenvalue weighted by molar-refractivity contribution is -0.140. The molecule has 3 aromatic rings. The van der Waals surface area contributed by atoms with E-state index in [1.54, 1.807) is 30.3 Å². The van der Waals surface area contributed by atoms with E-state index in [0.29, 0.717) is 18.7 Å². The number of rotatable bonds is 11. The molecule has 0 fully saturated rings. The molecule has 3 rings (SSSR count). The Balaban J connectivity index is 2.10. The van der Waals surface area contributed by atoms with Crippen molar-refractivity contribution in [1.82, 2.24) is 10.2 Å². The van der Waals surface area contributed by atoms with Crippen molar-refractivity contribution in [2.45, 2.75) is 65.4 Å². The SMILES string of the molecule is CCNC(=O)C(CC)N(Cc1ccc(C)cc1)C(=O)CN(c1cc(C)ccc1C)S(=O)(=O)c1ccc(C)cc1. The van der Waals surface area contributed by atoms with Crippen molar-refractivity contribution in [2.24, 2.45) is 0 Å². The minimum absolute atomic E-state index is 0.0997. The van der Waals surface area contributed by atoms with Crippen molar-refractivity contribution in [3.63, 3.8) is 0 Å². The van der Waals surface area contributed by atoms with Crippen LogP contribution in [0.2, 0.25) is 0 Å². The van der Waals surface area contributed by atoms with Crippen LogP contribution in [0.15, 0.2) is 71.6 Å². The van der Waals surface area contributed by atoms with Gasteiger partial charge in [0.15, 0.2) is 0 Å². The number of carbonyl (C=O) groups excluding carboxylic acids is 2. The molecule has 8 heteroatoms. The lowest BCUT2D eigenvalue weighted by Crippen LogP contribution is -2.52. The molecule has 7 nitrogen and oxygen atoms in total. The van der Waals surface area contributed by atoms with Crippen LogP contribution in [0.25, 0.3) is 0 Å². The maximum Gasteiger partial charge on any atom is 0.264 e. The molecule has 0 spiro atoms. The number of hydrogen-bond acceptors (Lipinski definition) is 4. The second kappa shape index (κ2) is 12.9. The summed E-state index contributed by atoms with van der Waals surface area (Å²) in [7, 11) is -4.09. The summed E-state index contributed by atoms with van der Waals surface area (Å²) < 4.78 is 29.2. The Morgan fingerprint density at radius 1 is 0.821 bits per heavy atom. The maximum atomic E-state index is 14.1. The predicted molar refractivity (Wildman–Crippen MR) is 156 cm³/mol. The summed E-state index contributed by atoms with van der Waals surface area (Å²) >= 11 is 0. The van der Waals surface area contributed by atoms with Gasteiger partial charge in [-0.25, -0.2) is 8.42 Å². The molecular formula is C31H39N3O4S. The summed E-state index contributed by atoms with van der Waals surface area (Å²) in [6, 6.07) is 19.1. The van der Waals surface area contributed by atoms with E-state index in [0.717, 1.165) is 27.8 Å². The fraction of sp³-hybridized carbons (Fsp3) is 0.355. The van der Waals surface area contributed by atoms with Crippen LogP contribution in [0.3, 0.4) is 0 Å². The summed E-state index contributed by atoms with van der Waals surface area (Å²) in [6.07, 6.45) is 0.387. The summed E-state index contributed by atoms with van der Waals surface area (Å²) in [5, 5.41) is 2.83. The molecule has 208 valence electrons. The van der Waals surface area contributed by atoms with Crippen molar-refractivity contribution in [3.05, 3.63) is 94.5 Å². The molecule has 39 heavy (non-hydrogen) atoms. The molecule has 0 aliphatic carbocycles. The Kier molecular flexibility index (Phi) is 9.92. The van der Waals surface area contributed by atoms with Gasteiger partial charge in [-0.05, 0) is 75.9 Å². The van der Waals surface area contributed by atoms with E-state index in [1.807, 2.05) is 77.9 Å². The minimum Gasteiger partial charge on any atom is -0.355 e. The fourth-order valence-electron chi connectivity index (χ4n) is 4.44. The molecule has 3 aromatic carbocycles. The number of nitrogens with one attached hydrogen (secondary N) is 1. The van der Waals surface area contributed by atoms with Crippen molar-refractivity contribution in [2.75, 3.05) is 17.4 Å². The molecule has 0 radical (unpaired) electrons. The van der Waals surface area contributed by atoms with E-state index in [4.69, 9.17) is 0 Å². The smallest absolute Gasteiger partial charge is 0.264 e. The summed E-state index contributed by atoms with van der Waals surface area (Å²) in [5.74, 6) is -0.717. The highest BCUT2D eigenvalue weighted by Gasteiger charge is 2.34. The number of nitrogens with zero attached hydrogens (tertiary/aromatic N) is 2. The van der Waals surface area contributed by atoms with Gasteiger partial charge in [-0.2, -0.15) is 0 Å². The number of anilines is 1. The highest BCUT2D eigenvalue weighted by Crippen LogP contribution is 2.29. The lowest BCUT2D eigenvalue weighted by atomic mass is 10.1. The molecule has 0 saturated carbocycles. The van der Waals surface area contributed by atoms with Gasteiger partial charge >= 0.3 is 0 Å². The van der Waals surface area contributed by atoms with E-state index in [9.17, 15) is 18.0 Å². The van der Waals surface area contributed by atoms with Gasteiger partial charge in [0.1, 0.15) is 12.6 Å². The van der Waals surface area contributed by atoms with Crippen LogP contribution in [0.5, 0.6) is 0 Å². The molecular weight excluding hydrogens is 510 g/mol. The van der Waals surface area contributed by atoms with E-state index >= 15 is 0 Å². The van der Waals surface area contributed by atoms with Crippen molar-refractivity contribution < 1.29 is 18.0 Å². The second-order valence-corrected chi connectivity index (χ2v) is 11.8. The zero-order valence-corrected chi connectivity index (χ0v) is 24.5. The summed E-state index contributed by atoms with van der Waals surface area (Å²) in [5.41, 5.74) is 4.90. The highest BCUT2D eigenvalue weighted by molar-refractivity contribution is 7.92. The van der Waals surface area contributed by atoms with Gasteiger partial charge in [0.25, 0.3) is 10.0 Å². The van der Waals surface area contributed by atoms with Gasteiger partial charge in [0, 0.05) is 13.1 Å². The number of carbonyl (C=O) groups is 2. The van der Waals surface area contributed by atoms with E-state index in [2.05, 4.69) is 5.32 Å². The summed E-state index contributed by atoms with van der Waals surface area (Å²) in [6.45, 7) is 11.4. The summed E-state index contributed by atoms with van der Waals surface area (Å²) in [4.78, 5) is 28.7. The largest absolute Gasteiger partial charge is 0.355 e. The van der Waals surface area contributed by atoms with Crippen LogP contribution >= 0.6 is 0 Å². The molecule has 2 amide bonds. The maximum absolute atomic E-state index is 14.1. The van der Waals surface area contributed by atoms with Gasteiger partial charge in [-0.1, -0.05) is 66.6 Å². The molecule has 1 N–H and O–H groups in total. The first-order valence-electron chi connectivity index (χ1n) is 13.3. The monoisotopic (exact) mass is 549 g/mol. The first-order valence-corrected chi connectivity index (χ1v) is 14.7. The molecule has 0 bridgehead atoms. The molecule has 0 saturated heterocycles. The average Bonchev–Trinajstić information content (AvgIpc) is 2.90. The third-order valence-corrected chi connectivity index (χ3v) is 8.51. The Morgan fingerprint density at radius 3 is 1.95 bits per heavy atom. The van der Waals surface area contributed by atoms with Crippen molar-refractivity contribution in [3.8, 4) is 0 Å². The number of likely N-dealkylation sites (N-methyl/N-ethyl adjacent to an activating group) is 1. The van der Waals surface area contributed by atoms with Gasteiger partial charge in [-0.3, -0.25) is 13.9 Å². The quantitative estimate of drug-likeness (QED) is 0.362. The Hall–Kier alpha value is -3.65. The van der Waals surface area contributed by atoms with Crippen molar-refractivity contribution >= 4 is 27.5 Å². The Labute approximate surface area is 232 Å². The number of hydrogen-bond donors (Lipinski definition) is 1. The van der Waals surface area contributed by atoms with Gasteiger partial charge in [0.05, 0.1) is 10.6 Å². The van der Waals surface area contributed by atoms with E-state index in [-0.39, 0.29) is 17.3 Å². The zero-order chi connectivity index (χ0) is 28.7. The predicted octanol–water partition coefficient (Wildman–Crippen LogP) is 5.06. The van der Waals surface area contributed by atoms with Crippen LogP contribution < -0.4 is 9.62 Å². The average molecular weight is 550 g/mol. The van der Waals surface area contributed by atoms with E-state index in [1.165, 1.54) is 9.21 Å². The number of sulfonamides is 1. The Morgan fingerprint density at radius 2 is 1.38 bits per heavy atom. The fourth-order valence-corrected chi connectivity index (χ4v) is 5.91. The number of aryl methyl sites for hydroxylation is 4. The van der Waals surface area contributed by atoms with Crippen LogP contribution in [-0.4, -0.2) is 44.3 Å². The first kappa shape index (κ1) is 29.9. The van der Waals surface area contributed by atoms with Gasteiger partial charge in [0.2, 0.25) is 11.8 Å². The highest BCUT2D eigenvalue weighted by atomic mass is 32.2. The minimum atomic E-state index is -4.09. The number of amides is 2. The zero-order valence-electron chi connectivity index (χ0n) is 23.7. The second-order valence-electron chi connectivity index (χ2n) is 9.94. The van der Waals surface area contributed by atoms with Crippen molar-refractivity contribution in [1.29, 1.82) is 0 Å². The normalized spacial score (nSPS) is 12.1. The number of benzene rings is 3. The molecule has 1 atom stereocenters. The Bertz CT molecular complexity index is 1400. The van der Waals surface area contributed by atoms with Crippen LogP contribution in [0.4, 0.5) is 5.69 Å². The van der Waals surface area contributed by atoms with E-state index < -0.39 is 28.5 Å². The molecule has 0 aliphatic heterocycles. The molecule has 0 aromatic heterocycles. The van der Waals surface area contributed by atoms with Crippen LogP contribution in [-0.2, 0) is 26.2 Å². The first-order chi connectivity index (χ1) is 18.5. The molecule has 0 aliphatic rings. The van der Waals surface area contributed by atoms with Gasteiger partial charge in [-0.15, -0.1) is 0 Å². The molecule has 0 heterocycles. The standard InChI is InChI=1S/C31H39N3O4S/c1-7-28(31(36)32-8-2)33(20-26-15-10-22(3)11-16-26)30(35)21-34(29-19-24(5)9-14-25(29)6)39(37,38)27-17-12-23(4)13-18-27/h9-19,28H,7-8,20-21H2,1-6H3,(H,32,36). The topological polar surface area (TPSA) is 86.8 Å². The lowest BCUT2D eigenvalue weighted by Gasteiger charge is -2.33. The van der Waals surface area contributed by atoms with Crippen LogP contribution in [0, 0.1) is 27.7 Å². The third-order valence-electron chi connectivity index (χ3n) is 6.73. The third kappa shape index (κ3) is 7.26. The van der Waals surface area contributed by atoms with Crippen LogP contribution in [0.1, 0.15) is 48.1 Å². The molecule has 1 unspecified atom stereocenters. The van der Waals surface area contributed by atoms with Gasteiger partial charge < -0.3 is 10.2 Å².